The van der Waals surface area contributed by atoms with Crippen molar-refractivity contribution < 1.29 is 29.0 Å². The molecule has 2 aliphatic heterocycles. The maximum absolute atomic E-state index is 14.3. The van der Waals surface area contributed by atoms with Crippen LogP contribution in [0, 0.1) is 11.3 Å². The van der Waals surface area contributed by atoms with Gasteiger partial charge >= 0.3 is 5.97 Å². The third kappa shape index (κ3) is 6.48. The zero-order valence-electron chi connectivity index (χ0n) is 24.9. The topological polar surface area (TPSA) is 152 Å². The van der Waals surface area contributed by atoms with E-state index in [4.69, 9.17) is 32.7 Å². The molecule has 0 aromatic heterocycles. The summed E-state index contributed by atoms with van der Waals surface area (Å²) in [6.45, 7) is 3.41. The number of carboxylic acids is 1. The molecule has 1 aliphatic carbocycles. The van der Waals surface area contributed by atoms with Crippen LogP contribution in [0.15, 0.2) is 23.5 Å². The zero-order chi connectivity index (χ0) is 30.6. The summed E-state index contributed by atoms with van der Waals surface area (Å²) in [5.74, 6) is 4.76. The second-order valence-electron chi connectivity index (χ2n) is 11.8. The molecule has 2 fully saturated rings. The Hall–Kier alpha value is -3.02. The number of likely N-dealkylation sites (tertiary alicyclic amines) is 1. The van der Waals surface area contributed by atoms with Gasteiger partial charge in [0.25, 0.3) is 0 Å². The number of nitrogens with two attached hydrogens (primary N) is 2. The van der Waals surface area contributed by atoms with E-state index in [1.165, 1.54) is 5.01 Å². The molecule has 3 atom stereocenters. The molecular formula is C30H44ClN5O6. The number of benzene rings is 1. The van der Waals surface area contributed by atoms with Crippen molar-refractivity contribution >= 4 is 29.4 Å². The quantitative estimate of drug-likeness (QED) is 0.255. The lowest BCUT2D eigenvalue weighted by Gasteiger charge is -2.45. The third-order valence-electron chi connectivity index (χ3n) is 9.14. The summed E-state index contributed by atoms with van der Waals surface area (Å²) in [6, 6.07) is 2.99. The minimum Gasteiger partial charge on any atom is -0.487 e. The predicted molar refractivity (Wildman–Crippen MR) is 158 cm³/mol. The van der Waals surface area contributed by atoms with Gasteiger partial charge in [-0.05, 0) is 50.3 Å². The second-order valence-corrected chi connectivity index (χ2v) is 12.2. The average molecular weight is 606 g/mol. The van der Waals surface area contributed by atoms with Crippen LogP contribution in [0.1, 0.15) is 69.0 Å². The van der Waals surface area contributed by atoms with E-state index in [1.54, 1.807) is 43.0 Å². The molecule has 2 heterocycles. The van der Waals surface area contributed by atoms with Crippen molar-refractivity contribution in [1.82, 2.24) is 14.8 Å². The van der Waals surface area contributed by atoms with E-state index in [2.05, 4.69) is 0 Å². The number of carbonyl (C=O) groups is 3. The first kappa shape index (κ1) is 31.9. The van der Waals surface area contributed by atoms with Crippen LogP contribution in [0.2, 0.25) is 5.02 Å². The summed E-state index contributed by atoms with van der Waals surface area (Å²) in [5, 5.41) is 12.1. The normalized spacial score (nSPS) is 24.7. The molecule has 232 valence electrons. The number of hydrazine groups is 1. The summed E-state index contributed by atoms with van der Waals surface area (Å²) < 4.78 is 11.5. The highest BCUT2D eigenvalue weighted by Gasteiger charge is 2.50. The highest BCUT2D eigenvalue weighted by atomic mass is 35.5. The number of rotatable bonds is 11. The number of aliphatic carboxylic acids is 1. The Morgan fingerprint density at radius 2 is 1.98 bits per heavy atom. The molecule has 1 aromatic rings. The zero-order valence-corrected chi connectivity index (χ0v) is 25.6. The molecule has 11 nitrogen and oxygen atoms in total. The number of amides is 2. The van der Waals surface area contributed by atoms with Crippen molar-refractivity contribution in [3.63, 3.8) is 0 Å². The van der Waals surface area contributed by atoms with Crippen LogP contribution in [-0.4, -0.2) is 84.7 Å². The standard InChI is InChI=1S/C30H44ClN5O6/c1-30(29(39)40)13-5-4-7-20(30)28(38)36-15-11-19-21(31)9-10-25(27(19)24(36)17-35-14-6-8-26(35)37)42-18-22(32)23(34(2)33)12-16-41-3/h9-10,20,24H,4-8,11-18,32-33H2,1-3H3,(H,39,40)/b23-22-/t20-,24+,30-/m0/s1. The first-order valence-electron chi connectivity index (χ1n) is 14.7. The van der Waals surface area contributed by atoms with Gasteiger partial charge in [-0.3, -0.25) is 14.4 Å². The number of hydrogen-bond acceptors (Lipinski definition) is 8. The molecule has 0 bridgehead atoms. The van der Waals surface area contributed by atoms with Crippen molar-refractivity contribution in [2.45, 2.75) is 64.3 Å². The van der Waals surface area contributed by atoms with Gasteiger partial charge in [0.05, 0.1) is 35.4 Å². The van der Waals surface area contributed by atoms with Gasteiger partial charge < -0.3 is 35.1 Å². The maximum Gasteiger partial charge on any atom is 0.310 e. The Kier molecular flexibility index (Phi) is 10.3. The van der Waals surface area contributed by atoms with Gasteiger partial charge in [-0.1, -0.05) is 24.4 Å². The highest BCUT2D eigenvalue weighted by molar-refractivity contribution is 6.31. The number of nitrogens with zero attached hydrogens (tertiary/aromatic N) is 3. The second kappa shape index (κ2) is 13.5. The Bertz CT molecular complexity index is 1220. The highest BCUT2D eigenvalue weighted by Crippen LogP contribution is 2.46. The van der Waals surface area contributed by atoms with Crippen LogP contribution in [0.3, 0.4) is 0 Å². The van der Waals surface area contributed by atoms with Gasteiger partial charge in [-0.2, -0.15) is 0 Å². The SMILES string of the molecule is COCC/C(=C(/N)COc1ccc(Cl)c2c1[C@@H](CN1CCCC1=O)N(C(=O)[C@@H]1CCCC[C@]1(C)C(=O)O)CC2)N(C)N. The van der Waals surface area contributed by atoms with Crippen LogP contribution < -0.4 is 16.3 Å². The van der Waals surface area contributed by atoms with E-state index in [9.17, 15) is 19.5 Å². The molecule has 2 amide bonds. The molecule has 1 saturated carbocycles. The van der Waals surface area contributed by atoms with Crippen LogP contribution >= 0.6 is 11.6 Å². The van der Waals surface area contributed by atoms with Crippen LogP contribution in [0.4, 0.5) is 0 Å². The third-order valence-corrected chi connectivity index (χ3v) is 9.49. The lowest BCUT2D eigenvalue weighted by atomic mass is 9.66. The fourth-order valence-corrected chi connectivity index (χ4v) is 6.91. The van der Waals surface area contributed by atoms with Crippen molar-refractivity contribution in [3.05, 3.63) is 39.7 Å². The maximum atomic E-state index is 14.3. The number of hydrogen-bond donors (Lipinski definition) is 3. The van der Waals surface area contributed by atoms with Crippen molar-refractivity contribution in [3.8, 4) is 5.75 Å². The molecule has 42 heavy (non-hydrogen) atoms. The summed E-state index contributed by atoms with van der Waals surface area (Å²) in [5.41, 5.74) is 7.98. The Morgan fingerprint density at radius 1 is 1.21 bits per heavy atom. The molecule has 1 aromatic carbocycles. The minimum absolute atomic E-state index is 0.0352. The monoisotopic (exact) mass is 605 g/mol. The number of methoxy groups -OCH3 is 1. The lowest BCUT2D eigenvalue weighted by Crippen LogP contribution is -2.52. The number of ether oxygens (including phenoxy) is 2. The molecular weight excluding hydrogens is 562 g/mol. The van der Waals surface area contributed by atoms with Crippen molar-refractivity contribution in [2.24, 2.45) is 22.9 Å². The Balaban J connectivity index is 1.73. The van der Waals surface area contributed by atoms with E-state index >= 15 is 0 Å². The number of carboxylic acid groups (broad SMARTS) is 1. The van der Waals surface area contributed by atoms with E-state index in [-0.39, 0.29) is 25.0 Å². The molecule has 0 radical (unpaired) electrons. The van der Waals surface area contributed by atoms with Crippen molar-refractivity contribution in [2.75, 3.05) is 47.0 Å². The Morgan fingerprint density at radius 3 is 2.62 bits per heavy atom. The van der Waals surface area contributed by atoms with Gasteiger partial charge in [-0.25, -0.2) is 5.84 Å². The molecule has 0 spiro atoms. The molecule has 12 heteroatoms. The number of carbonyl (C=O) groups excluding carboxylic acids is 2. The van der Waals surface area contributed by atoms with Crippen LogP contribution in [0.25, 0.3) is 0 Å². The Labute approximate surface area is 252 Å². The number of fused-ring (bicyclic) bond motifs is 1. The van der Waals surface area contributed by atoms with E-state index < -0.39 is 23.3 Å². The van der Waals surface area contributed by atoms with Gasteiger partial charge in [0.15, 0.2) is 0 Å². The predicted octanol–water partition coefficient (Wildman–Crippen LogP) is 3.06. The number of halogens is 1. The molecule has 1 saturated heterocycles. The lowest BCUT2D eigenvalue weighted by molar-refractivity contribution is -0.162. The summed E-state index contributed by atoms with van der Waals surface area (Å²) in [7, 11) is 3.30. The van der Waals surface area contributed by atoms with Gasteiger partial charge in [0.2, 0.25) is 11.8 Å². The van der Waals surface area contributed by atoms with E-state index in [1.807, 2.05) is 0 Å². The summed E-state index contributed by atoms with van der Waals surface area (Å²) in [4.78, 5) is 43.0. The summed E-state index contributed by atoms with van der Waals surface area (Å²) in [6.07, 6.45) is 4.73. The average Bonchev–Trinajstić information content (AvgIpc) is 3.36. The fraction of sp³-hybridized carbons (Fsp3) is 0.633. The first-order chi connectivity index (χ1) is 20.0. The van der Waals surface area contributed by atoms with E-state index in [0.717, 1.165) is 30.4 Å². The first-order valence-corrected chi connectivity index (χ1v) is 15.1. The van der Waals surface area contributed by atoms with Crippen molar-refractivity contribution in [1.29, 1.82) is 0 Å². The largest absolute Gasteiger partial charge is 0.487 e. The smallest absolute Gasteiger partial charge is 0.310 e. The minimum atomic E-state index is -1.15. The molecule has 4 rings (SSSR count). The van der Waals surface area contributed by atoms with Gasteiger partial charge in [0, 0.05) is 57.2 Å². The molecule has 3 aliphatic rings. The molecule has 5 N–H and O–H groups in total. The van der Waals surface area contributed by atoms with E-state index in [0.29, 0.717) is 74.0 Å². The van der Waals surface area contributed by atoms with Gasteiger partial charge in [-0.15, -0.1) is 0 Å². The summed E-state index contributed by atoms with van der Waals surface area (Å²) >= 11 is 6.71. The van der Waals surface area contributed by atoms with Crippen LogP contribution in [-0.2, 0) is 25.5 Å². The fourth-order valence-electron chi connectivity index (χ4n) is 6.65. The van der Waals surface area contributed by atoms with Crippen LogP contribution in [0.5, 0.6) is 5.75 Å². The van der Waals surface area contributed by atoms with Gasteiger partial charge in [0.1, 0.15) is 12.4 Å². The molecule has 0 unspecified atom stereocenters.